The molecule has 0 amide bonds. The fourth-order valence-corrected chi connectivity index (χ4v) is 6.46. The third kappa shape index (κ3) is 1.75. The summed E-state index contributed by atoms with van der Waals surface area (Å²) in [6.07, 6.45) is 15.3. The van der Waals surface area contributed by atoms with Crippen LogP contribution in [0.25, 0.3) is 0 Å². The molecule has 0 aliphatic heterocycles. The summed E-state index contributed by atoms with van der Waals surface area (Å²) < 4.78 is 0. The topological polar surface area (TPSA) is 37.3 Å². The van der Waals surface area contributed by atoms with Crippen LogP contribution >= 0.6 is 0 Å². The zero-order chi connectivity index (χ0) is 15.5. The van der Waals surface area contributed by atoms with Crippen molar-refractivity contribution in [3.8, 4) is 12.3 Å². The molecular formula is C20H26O2. The molecule has 0 aromatic carbocycles. The average molecular weight is 298 g/mol. The summed E-state index contributed by atoms with van der Waals surface area (Å²) in [7, 11) is 0. The number of ketones is 1. The predicted octanol–water partition coefficient (Wildman–Crippen LogP) is 3.49. The van der Waals surface area contributed by atoms with Crippen molar-refractivity contribution in [3.05, 3.63) is 11.6 Å². The zero-order valence-corrected chi connectivity index (χ0v) is 13.5. The van der Waals surface area contributed by atoms with Crippen LogP contribution in [0.1, 0.15) is 58.3 Å². The van der Waals surface area contributed by atoms with Crippen molar-refractivity contribution in [2.75, 3.05) is 0 Å². The quantitative estimate of drug-likeness (QED) is 0.695. The van der Waals surface area contributed by atoms with Gasteiger partial charge >= 0.3 is 0 Å². The molecule has 3 fully saturated rings. The van der Waals surface area contributed by atoms with Crippen LogP contribution in [0.5, 0.6) is 0 Å². The molecule has 118 valence electrons. The highest BCUT2D eigenvalue weighted by Crippen LogP contribution is 2.64. The number of terminal acetylenes is 1. The molecule has 4 aliphatic rings. The molecule has 4 rings (SSSR count). The van der Waals surface area contributed by atoms with E-state index in [2.05, 4.69) is 12.8 Å². The maximum atomic E-state index is 11.7. The molecule has 2 heteroatoms. The minimum Gasteiger partial charge on any atom is -0.385 e. The van der Waals surface area contributed by atoms with Gasteiger partial charge in [-0.2, -0.15) is 0 Å². The normalized spacial score (nSPS) is 50.4. The number of carbonyl (C=O) groups is 1. The van der Waals surface area contributed by atoms with Gasteiger partial charge in [-0.05, 0) is 79.8 Å². The molecule has 2 nitrogen and oxygen atoms in total. The Morgan fingerprint density at radius 2 is 2.00 bits per heavy atom. The van der Waals surface area contributed by atoms with Gasteiger partial charge in [0.25, 0.3) is 0 Å². The summed E-state index contributed by atoms with van der Waals surface area (Å²) in [4.78, 5) is 11.7. The van der Waals surface area contributed by atoms with Gasteiger partial charge < -0.3 is 5.11 Å². The Balaban J connectivity index is 1.68. The molecule has 0 radical (unpaired) electrons. The number of carbonyl (C=O) groups excluding carboxylic acids is 1. The van der Waals surface area contributed by atoms with Crippen LogP contribution in [-0.4, -0.2) is 16.5 Å². The van der Waals surface area contributed by atoms with Gasteiger partial charge in [0.15, 0.2) is 5.78 Å². The highest BCUT2D eigenvalue weighted by molar-refractivity contribution is 5.92. The zero-order valence-electron chi connectivity index (χ0n) is 13.5. The van der Waals surface area contributed by atoms with Crippen LogP contribution in [-0.2, 0) is 4.79 Å². The van der Waals surface area contributed by atoms with Crippen molar-refractivity contribution in [1.29, 1.82) is 0 Å². The SMILES string of the molecule is C#CC1CCC2C3CCC4=CC(=O)CCC4(O)C3CCC12C. The molecule has 0 saturated heterocycles. The lowest BCUT2D eigenvalue weighted by Crippen LogP contribution is -2.55. The fourth-order valence-electron chi connectivity index (χ4n) is 6.46. The maximum Gasteiger partial charge on any atom is 0.155 e. The van der Waals surface area contributed by atoms with Gasteiger partial charge in [0, 0.05) is 12.3 Å². The van der Waals surface area contributed by atoms with Crippen molar-refractivity contribution in [2.24, 2.45) is 29.1 Å². The van der Waals surface area contributed by atoms with E-state index >= 15 is 0 Å². The average Bonchev–Trinajstić information content (AvgIpc) is 2.84. The monoisotopic (exact) mass is 298 g/mol. The van der Waals surface area contributed by atoms with E-state index in [9.17, 15) is 9.90 Å². The molecule has 3 saturated carbocycles. The van der Waals surface area contributed by atoms with Crippen molar-refractivity contribution in [3.63, 3.8) is 0 Å². The number of fused-ring (bicyclic) bond motifs is 5. The molecule has 0 spiro atoms. The Hall–Kier alpha value is -1.07. The van der Waals surface area contributed by atoms with E-state index in [-0.39, 0.29) is 11.2 Å². The Morgan fingerprint density at radius 3 is 2.77 bits per heavy atom. The van der Waals surface area contributed by atoms with E-state index < -0.39 is 5.60 Å². The number of rotatable bonds is 0. The molecule has 1 N–H and O–H groups in total. The van der Waals surface area contributed by atoms with E-state index in [1.54, 1.807) is 6.08 Å². The van der Waals surface area contributed by atoms with Crippen LogP contribution in [0.15, 0.2) is 11.6 Å². The summed E-state index contributed by atoms with van der Waals surface area (Å²) in [6.45, 7) is 2.39. The van der Waals surface area contributed by atoms with Gasteiger partial charge in [-0.3, -0.25) is 4.79 Å². The molecule has 0 heterocycles. The minimum atomic E-state index is -0.702. The van der Waals surface area contributed by atoms with Gasteiger partial charge in [0.2, 0.25) is 0 Å². The number of hydrogen-bond donors (Lipinski definition) is 1. The summed E-state index contributed by atoms with van der Waals surface area (Å²) >= 11 is 0. The summed E-state index contributed by atoms with van der Waals surface area (Å²) in [6, 6.07) is 0. The molecule has 4 aliphatic carbocycles. The van der Waals surface area contributed by atoms with E-state index in [1.807, 2.05) is 0 Å². The third-order valence-electron chi connectivity index (χ3n) is 7.64. The molecule has 6 unspecified atom stereocenters. The smallest absolute Gasteiger partial charge is 0.155 e. The van der Waals surface area contributed by atoms with Crippen LogP contribution in [0.2, 0.25) is 0 Å². The first kappa shape index (κ1) is 14.5. The lowest BCUT2D eigenvalue weighted by Gasteiger charge is -2.56. The van der Waals surface area contributed by atoms with E-state index in [0.29, 0.717) is 36.5 Å². The fraction of sp³-hybridized carbons (Fsp3) is 0.750. The number of hydrogen-bond acceptors (Lipinski definition) is 2. The van der Waals surface area contributed by atoms with Crippen LogP contribution in [0, 0.1) is 41.4 Å². The van der Waals surface area contributed by atoms with E-state index in [0.717, 1.165) is 37.7 Å². The van der Waals surface area contributed by atoms with Crippen LogP contribution < -0.4 is 0 Å². The van der Waals surface area contributed by atoms with Crippen molar-refractivity contribution >= 4 is 5.78 Å². The third-order valence-corrected chi connectivity index (χ3v) is 7.64. The molecular weight excluding hydrogens is 272 g/mol. The first-order valence-electron chi connectivity index (χ1n) is 8.91. The summed E-state index contributed by atoms with van der Waals surface area (Å²) in [5.74, 6) is 5.26. The van der Waals surface area contributed by atoms with Gasteiger partial charge in [0.05, 0.1) is 5.60 Å². The van der Waals surface area contributed by atoms with Crippen molar-refractivity contribution < 1.29 is 9.90 Å². The van der Waals surface area contributed by atoms with Crippen molar-refractivity contribution in [1.82, 2.24) is 0 Å². The summed E-state index contributed by atoms with van der Waals surface area (Å²) in [5, 5.41) is 11.4. The lowest BCUT2D eigenvalue weighted by atomic mass is 9.50. The van der Waals surface area contributed by atoms with Gasteiger partial charge in [0.1, 0.15) is 0 Å². The largest absolute Gasteiger partial charge is 0.385 e. The highest BCUT2D eigenvalue weighted by atomic mass is 16.3. The Morgan fingerprint density at radius 1 is 1.18 bits per heavy atom. The van der Waals surface area contributed by atoms with Gasteiger partial charge in [-0.1, -0.05) is 6.92 Å². The second-order valence-electron chi connectivity index (χ2n) is 8.32. The van der Waals surface area contributed by atoms with Crippen molar-refractivity contribution in [2.45, 2.75) is 63.9 Å². The molecule has 0 aromatic rings. The van der Waals surface area contributed by atoms with Crippen LogP contribution in [0.4, 0.5) is 0 Å². The molecule has 6 atom stereocenters. The summed E-state index contributed by atoms with van der Waals surface area (Å²) in [5.41, 5.74) is 0.602. The van der Waals surface area contributed by atoms with Gasteiger partial charge in [-0.15, -0.1) is 12.3 Å². The van der Waals surface area contributed by atoms with E-state index in [4.69, 9.17) is 6.42 Å². The van der Waals surface area contributed by atoms with E-state index in [1.165, 1.54) is 6.42 Å². The Labute approximate surface area is 133 Å². The maximum absolute atomic E-state index is 11.7. The molecule has 0 bridgehead atoms. The van der Waals surface area contributed by atoms with Gasteiger partial charge in [-0.25, -0.2) is 0 Å². The Kier molecular flexibility index (Phi) is 3.11. The minimum absolute atomic E-state index is 0.201. The molecule has 22 heavy (non-hydrogen) atoms. The standard InChI is InChI=1S/C20H26O2/c1-3-13-5-7-17-16-6-4-14-12-15(21)8-11-20(14,22)18(16)9-10-19(13,17)2/h1,12-13,16-18,22H,4-11H2,2H3. The molecule has 0 aromatic heterocycles. The second kappa shape index (κ2) is 4.71. The second-order valence-corrected chi connectivity index (χ2v) is 8.32. The lowest BCUT2D eigenvalue weighted by molar-refractivity contribution is -0.125. The highest BCUT2D eigenvalue weighted by Gasteiger charge is 2.59. The Bertz CT molecular complexity index is 583. The first-order chi connectivity index (χ1) is 10.5. The first-order valence-corrected chi connectivity index (χ1v) is 8.91. The number of aliphatic hydroxyl groups is 1. The van der Waals surface area contributed by atoms with Crippen LogP contribution in [0.3, 0.4) is 0 Å². The predicted molar refractivity (Wildman–Crippen MR) is 85.9 cm³/mol.